The van der Waals surface area contributed by atoms with Crippen LogP contribution in [0.15, 0.2) is 90.1 Å². The van der Waals surface area contributed by atoms with Crippen molar-refractivity contribution in [3.8, 4) is 11.5 Å². The van der Waals surface area contributed by atoms with Crippen LogP contribution in [0.4, 0.5) is 11.4 Å². The van der Waals surface area contributed by atoms with Gasteiger partial charge in [-0.05, 0) is 48.9 Å². The molecule has 1 aliphatic rings. The minimum atomic E-state index is -0.792. The van der Waals surface area contributed by atoms with E-state index in [2.05, 4.69) is 5.32 Å². The van der Waals surface area contributed by atoms with Gasteiger partial charge in [0.05, 0.1) is 25.3 Å². The highest BCUT2D eigenvalue weighted by Crippen LogP contribution is 2.43. The van der Waals surface area contributed by atoms with E-state index >= 15 is 0 Å². The van der Waals surface area contributed by atoms with Gasteiger partial charge < -0.3 is 19.9 Å². The van der Waals surface area contributed by atoms with Gasteiger partial charge in [0, 0.05) is 11.4 Å². The fourth-order valence-electron chi connectivity index (χ4n) is 3.86. The zero-order chi connectivity index (χ0) is 23.4. The lowest BCUT2D eigenvalue weighted by atomic mass is 9.98. The highest BCUT2D eigenvalue weighted by Gasteiger charge is 2.45. The van der Waals surface area contributed by atoms with Crippen LogP contribution in [0.3, 0.4) is 0 Å². The van der Waals surface area contributed by atoms with E-state index in [1.165, 1.54) is 13.2 Å². The van der Waals surface area contributed by atoms with Gasteiger partial charge in [-0.1, -0.05) is 42.5 Å². The Balaban J connectivity index is 1.92. The van der Waals surface area contributed by atoms with Crippen molar-refractivity contribution < 1.29 is 24.2 Å². The summed E-state index contributed by atoms with van der Waals surface area (Å²) in [6.45, 7) is 1.87. The Labute approximate surface area is 191 Å². The molecule has 1 aliphatic heterocycles. The second kappa shape index (κ2) is 9.48. The number of hydrogen-bond donors (Lipinski definition) is 2. The highest BCUT2D eigenvalue weighted by atomic mass is 16.5. The van der Waals surface area contributed by atoms with E-state index in [-0.39, 0.29) is 35.3 Å². The topological polar surface area (TPSA) is 88.1 Å². The third-order valence-corrected chi connectivity index (χ3v) is 5.33. The van der Waals surface area contributed by atoms with Crippen LogP contribution in [0.2, 0.25) is 0 Å². The molecule has 0 bridgehead atoms. The zero-order valence-corrected chi connectivity index (χ0v) is 18.3. The van der Waals surface area contributed by atoms with Crippen LogP contribution in [0.5, 0.6) is 11.5 Å². The van der Waals surface area contributed by atoms with Crippen LogP contribution in [0.25, 0.3) is 0 Å². The molecule has 0 aliphatic carbocycles. The molecule has 0 saturated carbocycles. The molecule has 0 radical (unpaired) electrons. The van der Waals surface area contributed by atoms with Crippen molar-refractivity contribution in [1.82, 2.24) is 0 Å². The summed E-state index contributed by atoms with van der Waals surface area (Å²) in [6.07, 6.45) is 0. The Morgan fingerprint density at radius 3 is 2.33 bits per heavy atom. The maximum atomic E-state index is 13.8. The predicted molar refractivity (Wildman–Crippen MR) is 125 cm³/mol. The summed E-state index contributed by atoms with van der Waals surface area (Å²) in [5, 5.41) is 13.2. The van der Waals surface area contributed by atoms with Crippen molar-refractivity contribution in [2.75, 3.05) is 23.9 Å². The van der Waals surface area contributed by atoms with Crippen LogP contribution in [-0.4, -0.2) is 30.7 Å². The minimum absolute atomic E-state index is 0.0406. The van der Waals surface area contributed by atoms with Gasteiger partial charge in [-0.25, -0.2) is 4.79 Å². The molecule has 168 valence electrons. The Bertz CT molecular complexity index is 1190. The van der Waals surface area contributed by atoms with Crippen LogP contribution >= 0.6 is 0 Å². The third kappa shape index (κ3) is 4.25. The van der Waals surface area contributed by atoms with Gasteiger partial charge >= 0.3 is 5.97 Å². The Kier molecular flexibility index (Phi) is 6.31. The molecule has 0 saturated heterocycles. The summed E-state index contributed by atoms with van der Waals surface area (Å²) in [7, 11) is 1.44. The number of nitrogens with zero attached hydrogens (tertiary/aromatic N) is 1. The number of phenols is 1. The molecule has 7 nitrogen and oxygen atoms in total. The van der Waals surface area contributed by atoms with Crippen LogP contribution in [0.1, 0.15) is 18.5 Å². The Morgan fingerprint density at radius 2 is 1.70 bits per heavy atom. The molecule has 3 aromatic rings. The van der Waals surface area contributed by atoms with E-state index in [4.69, 9.17) is 9.47 Å². The maximum absolute atomic E-state index is 13.8. The summed E-state index contributed by atoms with van der Waals surface area (Å²) in [5.74, 6) is -0.772. The smallest absolute Gasteiger partial charge is 0.338 e. The number of carbonyl (C=O) groups excluding carboxylic acids is 2. The molecule has 3 aromatic carbocycles. The first-order chi connectivity index (χ1) is 16.0. The SMILES string of the molecule is CCOC(=O)C1=C(Nc2ccccc2)C(=O)N(c2ccccc2)C1c1ccc(O)c(OC)c1. The summed E-state index contributed by atoms with van der Waals surface area (Å²) in [6, 6.07) is 22.2. The number of aromatic hydroxyl groups is 1. The Hall–Kier alpha value is -4.26. The first-order valence-corrected chi connectivity index (χ1v) is 10.5. The van der Waals surface area contributed by atoms with E-state index in [1.54, 1.807) is 36.1 Å². The lowest BCUT2D eigenvalue weighted by molar-refractivity contribution is -0.138. The molecule has 1 amide bonds. The zero-order valence-electron chi connectivity index (χ0n) is 18.3. The minimum Gasteiger partial charge on any atom is -0.504 e. The molecule has 1 atom stereocenters. The van der Waals surface area contributed by atoms with Crippen LogP contribution in [0, 0.1) is 0 Å². The highest BCUT2D eigenvalue weighted by molar-refractivity contribution is 6.18. The molecule has 4 rings (SSSR count). The fourth-order valence-corrected chi connectivity index (χ4v) is 3.86. The summed E-state index contributed by atoms with van der Waals surface area (Å²) in [5.41, 5.74) is 2.20. The van der Waals surface area contributed by atoms with Gasteiger partial charge in [0.2, 0.25) is 0 Å². The van der Waals surface area contributed by atoms with Crippen LogP contribution < -0.4 is 15.0 Å². The molecule has 0 fully saturated rings. The average Bonchev–Trinajstić information content (AvgIpc) is 3.12. The van der Waals surface area contributed by atoms with E-state index < -0.39 is 12.0 Å². The van der Waals surface area contributed by atoms with E-state index in [9.17, 15) is 14.7 Å². The number of para-hydroxylation sites is 2. The van der Waals surface area contributed by atoms with Crippen molar-refractivity contribution >= 4 is 23.3 Å². The lowest BCUT2D eigenvalue weighted by Gasteiger charge is -2.27. The number of esters is 1. The number of amides is 1. The average molecular weight is 444 g/mol. The second-order valence-corrected chi connectivity index (χ2v) is 7.34. The standard InChI is InChI=1S/C26H24N2O5/c1-3-33-26(31)22-23(27-18-10-6-4-7-11-18)25(30)28(19-12-8-5-9-13-19)24(22)17-14-15-20(29)21(16-17)32-2/h4-16,24,27,29H,3H2,1-2H3. The number of nitrogens with one attached hydrogen (secondary N) is 1. The molecule has 2 N–H and O–H groups in total. The number of benzene rings is 3. The molecule has 1 heterocycles. The lowest BCUT2D eigenvalue weighted by Crippen LogP contribution is -2.31. The number of phenolic OH excluding ortho intramolecular Hbond substituents is 1. The molecule has 0 aromatic heterocycles. The normalized spacial score (nSPS) is 15.5. The number of ether oxygens (including phenoxy) is 2. The first kappa shape index (κ1) is 22.0. The van der Waals surface area contributed by atoms with E-state index in [1.807, 2.05) is 48.5 Å². The van der Waals surface area contributed by atoms with Crippen molar-refractivity contribution in [2.45, 2.75) is 13.0 Å². The summed E-state index contributed by atoms with van der Waals surface area (Å²) in [4.78, 5) is 28.5. The number of methoxy groups -OCH3 is 1. The third-order valence-electron chi connectivity index (χ3n) is 5.33. The van der Waals surface area contributed by atoms with E-state index in [0.29, 0.717) is 16.9 Å². The number of hydrogen-bond acceptors (Lipinski definition) is 6. The van der Waals surface area contributed by atoms with Gasteiger partial charge in [-0.3, -0.25) is 9.69 Å². The largest absolute Gasteiger partial charge is 0.504 e. The van der Waals surface area contributed by atoms with Crippen molar-refractivity contribution in [3.63, 3.8) is 0 Å². The van der Waals surface area contributed by atoms with Crippen LogP contribution in [-0.2, 0) is 14.3 Å². The van der Waals surface area contributed by atoms with Gasteiger partial charge in [0.25, 0.3) is 5.91 Å². The molecule has 7 heteroatoms. The molecular formula is C26H24N2O5. The van der Waals surface area contributed by atoms with E-state index in [0.717, 1.165) is 0 Å². The van der Waals surface area contributed by atoms with Gasteiger partial charge in [-0.2, -0.15) is 0 Å². The van der Waals surface area contributed by atoms with Gasteiger partial charge in [0.15, 0.2) is 11.5 Å². The Morgan fingerprint density at radius 1 is 1.03 bits per heavy atom. The molecular weight excluding hydrogens is 420 g/mol. The summed E-state index contributed by atoms with van der Waals surface area (Å²) >= 11 is 0. The quantitative estimate of drug-likeness (QED) is 0.525. The van der Waals surface area contributed by atoms with Gasteiger partial charge in [-0.15, -0.1) is 0 Å². The fraction of sp³-hybridized carbons (Fsp3) is 0.154. The second-order valence-electron chi connectivity index (χ2n) is 7.34. The van der Waals surface area contributed by atoms with Crippen molar-refractivity contribution in [1.29, 1.82) is 0 Å². The number of anilines is 2. The monoisotopic (exact) mass is 444 g/mol. The van der Waals surface area contributed by atoms with Gasteiger partial charge in [0.1, 0.15) is 5.70 Å². The number of carbonyl (C=O) groups is 2. The van der Waals surface area contributed by atoms with Crippen molar-refractivity contribution in [2.24, 2.45) is 0 Å². The molecule has 33 heavy (non-hydrogen) atoms. The first-order valence-electron chi connectivity index (χ1n) is 10.5. The number of rotatable bonds is 7. The summed E-state index contributed by atoms with van der Waals surface area (Å²) < 4.78 is 10.6. The molecule has 1 unspecified atom stereocenters. The van der Waals surface area contributed by atoms with Crippen molar-refractivity contribution in [3.05, 3.63) is 95.7 Å². The molecule has 0 spiro atoms. The maximum Gasteiger partial charge on any atom is 0.338 e. The predicted octanol–water partition coefficient (Wildman–Crippen LogP) is 4.42.